The molecule has 17 heavy (non-hydrogen) atoms. The Kier molecular flexibility index (Phi) is 4.88. The van der Waals surface area contributed by atoms with Crippen molar-refractivity contribution in [3.05, 3.63) is 35.4 Å². The van der Waals surface area contributed by atoms with E-state index >= 15 is 0 Å². The van der Waals surface area contributed by atoms with Crippen LogP contribution in [0.5, 0.6) is 0 Å². The van der Waals surface area contributed by atoms with Gasteiger partial charge in [-0.3, -0.25) is 4.79 Å². The maximum Gasteiger partial charge on any atom is 0.306 e. The van der Waals surface area contributed by atoms with Gasteiger partial charge in [0.15, 0.2) is 0 Å². The van der Waals surface area contributed by atoms with Crippen molar-refractivity contribution in [1.29, 1.82) is 0 Å². The van der Waals surface area contributed by atoms with E-state index < -0.39 is 5.97 Å². The van der Waals surface area contributed by atoms with Crippen LogP contribution in [0.4, 0.5) is 0 Å². The van der Waals surface area contributed by atoms with Crippen LogP contribution in [-0.2, 0) is 22.4 Å². The largest absolute Gasteiger partial charge is 0.481 e. The zero-order valence-electron chi connectivity index (χ0n) is 10.3. The molecule has 0 aliphatic heterocycles. The van der Waals surface area contributed by atoms with Crippen LogP contribution in [0, 0.1) is 5.92 Å². The number of carbonyl (C=O) groups excluding carboxylic acids is 1. The third-order valence-electron chi connectivity index (χ3n) is 2.75. The number of Topliss-reactive ketones (excluding diaryl/α,β-unsaturated/α-hetero) is 1. The van der Waals surface area contributed by atoms with Crippen LogP contribution in [0.3, 0.4) is 0 Å². The summed E-state index contributed by atoms with van der Waals surface area (Å²) in [4.78, 5) is 21.5. The summed E-state index contributed by atoms with van der Waals surface area (Å²) in [7, 11) is 0. The van der Waals surface area contributed by atoms with E-state index in [0.29, 0.717) is 12.8 Å². The Bertz CT molecular complexity index is 392. The molecule has 0 amide bonds. The Balaban J connectivity index is 2.55. The van der Waals surface area contributed by atoms with Gasteiger partial charge in [0.25, 0.3) is 0 Å². The van der Waals surface area contributed by atoms with E-state index in [9.17, 15) is 9.59 Å². The van der Waals surface area contributed by atoms with E-state index in [2.05, 4.69) is 0 Å². The van der Waals surface area contributed by atoms with Crippen LogP contribution < -0.4 is 0 Å². The van der Waals surface area contributed by atoms with Crippen molar-refractivity contribution in [1.82, 2.24) is 0 Å². The molecular weight excluding hydrogens is 216 g/mol. The molecule has 0 aliphatic rings. The molecule has 0 radical (unpaired) electrons. The summed E-state index contributed by atoms with van der Waals surface area (Å²) in [6, 6.07) is 7.81. The molecule has 1 unspecified atom stereocenters. The molecule has 0 spiro atoms. The molecule has 1 aromatic rings. The zero-order valence-corrected chi connectivity index (χ0v) is 10.3. The second-order valence-corrected chi connectivity index (χ2v) is 4.46. The number of aliphatic carboxylic acids is 1. The van der Waals surface area contributed by atoms with Gasteiger partial charge < -0.3 is 9.90 Å². The minimum atomic E-state index is -0.773. The van der Waals surface area contributed by atoms with E-state index in [4.69, 9.17) is 5.11 Å². The average Bonchev–Trinajstić information content (AvgIpc) is 2.28. The minimum absolute atomic E-state index is 0.188. The van der Waals surface area contributed by atoms with Gasteiger partial charge >= 0.3 is 5.97 Å². The fourth-order valence-corrected chi connectivity index (χ4v) is 1.60. The highest BCUT2D eigenvalue weighted by molar-refractivity contribution is 5.75. The minimum Gasteiger partial charge on any atom is -0.481 e. The number of carboxylic acids is 1. The zero-order chi connectivity index (χ0) is 12.8. The van der Waals surface area contributed by atoms with E-state index in [1.165, 1.54) is 0 Å². The van der Waals surface area contributed by atoms with Crippen molar-refractivity contribution in [3.63, 3.8) is 0 Å². The van der Waals surface area contributed by atoms with E-state index in [1.807, 2.05) is 24.3 Å². The molecule has 3 nitrogen and oxygen atoms in total. The van der Waals surface area contributed by atoms with Gasteiger partial charge in [0.1, 0.15) is 5.78 Å². The fraction of sp³-hybridized carbons (Fsp3) is 0.429. The van der Waals surface area contributed by atoms with Crippen molar-refractivity contribution >= 4 is 11.8 Å². The lowest BCUT2D eigenvalue weighted by atomic mass is 9.99. The smallest absolute Gasteiger partial charge is 0.306 e. The predicted molar refractivity (Wildman–Crippen MR) is 65.9 cm³/mol. The summed E-state index contributed by atoms with van der Waals surface area (Å²) >= 11 is 0. The summed E-state index contributed by atoms with van der Waals surface area (Å²) in [5.74, 6) is -0.947. The van der Waals surface area contributed by atoms with Crippen LogP contribution in [0.2, 0.25) is 0 Å². The second-order valence-electron chi connectivity index (χ2n) is 4.46. The lowest BCUT2D eigenvalue weighted by molar-refractivity contribution is -0.141. The molecule has 0 fully saturated rings. The molecule has 0 aromatic heterocycles. The Hall–Kier alpha value is -1.64. The van der Waals surface area contributed by atoms with Gasteiger partial charge in [0, 0.05) is 6.42 Å². The van der Waals surface area contributed by atoms with Gasteiger partial charge in [0.2, 0.25) is 0 Å². The average molecular weight is 234 g/mol. The quantitative estimate of drug-likeness (QED) is 0.822. The summed E-state index contributed by atoms with van der Waals surface area (Å²) < 4.78 is 0. The standard InChI is InChI=1S/C14H18O3/c1-10(14(16)17)9-13-7-5-12(6-8-13)4-3-11(2)15/h5-8,10H,3-4,9H2,1-2H3,(H,16,17). The van der Waals surface area contributed by atoms with Gasteiger partial charge in [-0.05, 0) is 30.9 Å². The highest BCUT2D eigenvalue weighted by Gasteiger charge is 2.11. The SMILES string of the molecule is CC(=O)CCc1ccc(CC(C)C(=O)O)cc1. The highest BCUT2D eigenvalue weighted by atomic mass is 16.4. The fourth-order valence-electron chi connectivity index (χ4n) is 1.60. The molecule has 0 heterocycles. The Morgan fingerprint density at radius 1 is 1.18 bits per heavy atom. The first-order valence-corrected chi connectivity index (χ1v) is 5.79. The van der Waals surface area contributed by atoms with Crippen molar-refractivity contribution in [2.24, 2.45) is 5.92 Å². The van der Waals surface area contributed by atoms with Gasteiger partial charge in [-0.2, -0.15) is 0 Å². The van der Waals surface area contributed by atoms with Gasteiger partial charge in [0.05, 0.1) is 5.92 Å². The second kappa shape index (κ2) is 6.18. The number of benzene rings is 1. The number of rotatable bonds is 6. The molecule has 1 aromatic carbocycles. The highest BCUT2D eigenvalue weighted by Crippen LogP contribution is 2.11. The topological polar surface area (TPSA) is 54.4 Å². The Morgan fingerprint density at radius 3 is 2.18 bits per heavy atom. The van der Waals surface area contributed by atoms with Crippen molar-refractivity contribution < 1.29 is 14.7 Å². The van der Waals surface area contributed by atoms with Crippen LogP contribution in [0.1, 0.15) is 31.4 Å². The first-order valence-electron chi connectivity index (χ1n) is 5.79. The van der Waals surface area contributed by atoms with Crippen LogP contribution in [0.15, 0.2) is 24.3 Å². The van der Waals surface area contributed by atoms with Crippen LogP contribution in [-0.4, -0.2) is 16.9 Å². The normalized spacial score (nSPS) is 12.1. The molecule has 3 heteroatoms. The number of hydrogen-bond acceptors (Lipinski definition) is 2. The predicted octanol–water partition coefficient (Wildman–Crippen LogP) is 2.47. The molecule has 1 atom stereocenters. The Morgan fingerprint density at radius 2 is 1.71 bits per heavy atom. The summed E-state index contributed by atoms with van der Waals surface area (Å²) in [5, 5.41) is 8.81. The maximum atomic E-state index is 10.8. The summed E-state index contributed by atoms with van der Waals surface area (Å²) in [5.41, 5.74) is 2.14. The third kappa shape index (κ3) is 4.81. The number of aryl methyl sites for hydroxylation is 1. The molecule has 0 saturated heterocycles. The van der Waals surface area contributed by atoms with Crippen molar-refractivity contribution in [3.8, 4) is 0 Å². The number of hydrogen-bond donors (Lipinski definition) is 1. The van der Waals surface area contributed by atoms with Crippen molar-refractivity contribution in [2.45, 2.75) is 33.1 Å². The van der Waals surface area contributed by atoms with Crippen molar-refractivity contribution in [2.75, 3.05) is 0 Å². The maximum absolute atomic E-state index is 10.8. The number of carboxylic acid groups (broad SMARTS) is 1. The monoisotopic (exact) mass is 234 g/mol. The summed E-state index contributed by atoms with van der Waals surface area (Å²) in [6.45, 7) is 3.29. The van der Waals surface area contributed by atoms with E-state index in [0.717, 1.165) is 17.5 Å². The third-order valence-corrected chi connectivity index (χ3v) is 2.75. The van der Waals surface area contributed by atoms with E-state index in [-0.39, 0.29) is 11.7 Å². The number of carbonyl (C=O) groups is 2. The molecule has 0 bridgehead atoms. The lowest BCUT2D eigenvalue weighted by Crippen LogP contribution is -2.12. The van der Waals surface area contributed by atoms with Gasteiger partial charge in [-0.1, -0.05) is 31.2 Å². The van der Waals surface area contributed by atoms with E-state index in [1.54, 1.807) is 13.8 Å². The molecule has 1 rings (SSSR count). The first-order chi connectivity index (χ1) is 7.99. The van der Waals surface area contributed by atoms with Gasteiger partial charge in [-0.15, -0.1) is 0 Å². The summed E-state index contributed by atoms with van der Waals surface area (Å²) in [6.07, 6.45) is 1.86. The van der Waals surface area contributed by atoms with Crippen LogP contribution in [0.25, 0.3) is 0 Å². The Labute approximate surface area is 101 Å². The molecular formula is C14H18O3. The number of ketones is 1. The molecule has 0 aliphatic carbocycles. The molecule has 92 valence electrons. The lowest BCUT2D eigenvalue weighted by Gasteiger charge is -2.07. The van der Waals surface area contributed by atoms with Crippen LogP contribution >= 0.6 is 0 Å². The first kappa shape index (κ1) is 13.4. The molecule has 0 saturated carbocycles. The van der Waals surface area contributed by atoms with Gasteiger partial charge in [-0.25, -0.2) is 0 Å². The molecule has 1 N–H and O–H groups in total.